The summed E-state index contributed by atoms with van der Waals surface area (Å²) in [6, 6.07) is 5.97. The van der Waals surface area contributed by atoms with Gasteiger partial charge in [0, 0.05) is 5.41 Å². The smallest absolute Gasteiger partial charge is 0.115 e. The largest absolute Gasteiger partial charge is 0.508 e. The number of phenolic OH excluding ortho intramolecular Hbond substituents is 1. The fourth-order valence-corrected chi connectivity index (χ4v) is 6.12. The number of fused-ring (bicyclic) bond motifs is 5. The quantitative estimate of drug-likeness (QED) is 0.638. The maximum absolute atomic E-state index is 11.1. The van der Waals surface area contributed by atoms with Crippen LogP contribution in [-0.2, 0) is 6.42 Å². The Morgan fingerprint density at radius 2 is 1.96 bits per heavy atom. The molecule has 5 atom stereocenters. The van der Waals surface area contributed by atoms with E-state index in [0.29, 0.717) is 23.5 Å². The van der Waals surface area contributed by atoms with Crippen LogP contribution in [0.5, 0.6) is 5.75 Å². The molecule has 4 rings (SSSR count). The highest BCUT2D eigenvalue weighted by atomic mass is 16.3. The molecule has 5 unspecified atom stereocenters. The van der Waals surface area contributed by atoms with Crippen LogP contribution in [0.3, 0.4) is 0 Å². The van der Waals surface area contributed by atoms with Crippen molar-refractivity contribution in [1.82, 2.24) is 0 Å². The van der Waals surface area contributed by atoms with E-state index in [2.05, 4.69) is 39.8 Å². The standard InChI is InChI=1S/C23H32O2/c1-22(2,3)13-15-12-20-19-7-5-14-11-16(24)6-8-17(14)18(19)9-10-23(20,4)21(15)25/h6,8,11,13,18-21,24-25H,5,7,9-10,12H2,1-4H3. The lowest BCUT2D eigenvalue weighted by Gasteiger charge is -2.49. The van der Waals surface area contributed by atoms with Crippen LogP contribution in [0, 0.1) is 22.7 Å². The Balaban J connectivity index is 1.69. The number of rotatable bonds is 0. The highest BCUT2D eigenvalue weighted by molar-refractivity contribution is 5.41. The lowest BCUT2D eigenvalue weighted by atomic mass is 9.55. The SMILES string of the molecule is CC(C)(C)C=C1CC2C3CCc4cc(O)ccc4C3CCC2(C)C1O. The number of aromatic hydroxyl groups is 1. The van der Waals surface area contributed by atoms with Gasteiger partial charge in [0.25, 0.3) is 0 Å². The van der Waals surface area contributed by atoms with E-state index in [0.717, 1.165) is 25.7 Å². The fourth-order valence-electron chi connectivity index (χ4n) is 6.12. The summed E-state index contributed by atoms with van der Waals surface area (Å²) in [5, 5.41) is 20.9. The monoisotopic (exact) mass is 340 g/mol. The van der Waals surface area contributed by atoms with Gasteiger partial charge in [0.15, 0.2) is 0 Å². The molecule has 1 aromatic rings. The number of aliphatic hydroxyl groups excluding tert-OH is 1. The molecule has 2 fully saturated rings. The van der Waals surface area contributed by atoms with Crippen LogP contribution in [0.15, 0.2) is 29.8 Å². The molecule has 25 heavy (non-hydrogen) atoms. The second-order valence-electron chi connectivity index (χ2n) is 10.0. The van der Waals surface area contributed by atoms with Crippen molar-refractivity contribution >= 4 is 0 Å². The van der Waals surface area contributed by atoms with Crippen LogP contribution >= 0.6 is 0 Å². The molecule has 0 bridgehead atoms. The van der Waals surface area contributed by atoms with Crippen LogP contribution < -0.4 is 0 Å². The molecule has 0 spiro atoms. The van der Waals surface area contributed by atoms with Gasteiger partial charge < -0.3 is 10.2 Å². The number of phenols is 1. The van der Waals surface area contributed by atoms with Crippen LogP contribution in [-0.4, -0.2) is 16.3 Å². The Kier molecular flexibility index (Phi) is 3.85. The normalized spacial score (nSPS) is 39.0. The topological polar surface area (TPSA) is 40.5 Å². The van der Waals surface area contributed by atoms with Gasteiger partial charge in [0.1, 0.15) is 5.75 Å². The molecule has 0 radical (unpaired) electrons. The Hall–Kier alpha value is -1.28. The van der Waals surface area contributed by atoms with E-state index < -0.39 is 0 Å². The molecular formula is C23H32O2. The van der Waals surface area contributed by atoms with Crippen LogP contribution in [0.2, 0.25) is 0 Å². The van der Waals surface area contributed by atoms with E-state index >= 15 is 0 Å². The Labute approximate surface area is 152 Å². The molecule has 2 N–H and O–H groups in total. The number of aryl methyl sites for hydroxylation is 1. The highest BCUT2D eigenvalue weighted by Crippen LogP contribution is 2.62. The summed E-state index contributed by atoms with van der Waals surface area (Å²) >= 11 is 0. The molecule has 2 heteroatoms. The van der Waals surface area contributed by atoms with Gasteiger partial charge in [-0.1, -0.05) is 39.8 Å². The van der Waals surface area contributed by atoms with Crippen molar-refractivity contribution in [2.75, 3.05) is 0 Å². The van der Waals surface area contributed by atoms with Crippen LogP contribution in [0.1, 0.15) is 70.4 Å². The maximum atomic E-state index is 11.1. The van der Waals surface area contributed by atoms with E-state index in [1.165, 1.54) is 23.1 Å². The summed E-state index contributed by atoms with van der Waals surface area (Å²) in [4.78, 5) is 0. The lowest BCUT2D eigenvalue weighted by Crippen LogP contribution is -2.44. The maximum Gasteiger partial charge on any atom is 0.115 e. The molecule has 0 heterocycles. The van der Waals surface area contributed by atoms with Gasteiger partial charge in [0.2, 0.25) is 0 Å². The third-order valence-corrected chi connectivity index (χ3v) is 7.20. The average Bonchev–Trinajstić information content (AvgIpc) is 2.77. The Morgan fingerprint density at radius 1 is 1.20 bits per heavy atom. The van der Waals surface area contributed by atoms with Crippen molar-refractivity contribution < 1.29 is 10.2 Å². The van der Waals surface area contributed by atoms with Crippen molar-refractivity contribution in [3.8, 4) is 5.75 Å². The highest BCUT2D eigenvalue weighted by Gasteiger charge is 2.56. The zero-order valence-corrected chi connectivity index (χ0v) is 16.0. The summed E-state index contributed by atoms with van der Waals surface area (Å²) in [6.45, 7) is 9.00. The summed E-state index contributed by atoms with van der Waals surface area (Å²) in [5.74, 6) is 2.24. The molecule has 0 amide bonds. The van der Waals surface area contributed by atoms with Crippen molar-refractivity contribution in [3.63, 3.8) is 0 Å². The predicted octanol–water partition coefficient (Wildman–Crippen LogP) is 5.19. The third kappa shape index (κ3) is 2.73. The van der Waals surface area contributed by atoms with Crippen molar-refractivity contribution in [2.24, 2.45) is 22.7 Å². The molecule has 0 saturated heterocycles. The van der Waals surface area contributed by atoms with Gasteiger partial charge in [-0.25, -0.2) is 0 Å². The summed E-state index contributed by atoms with van der Waals surface area (Å²) in [5.41, 5.74) is 4.23. The second-order valence-corrected chi connectivity index (χ2v) is 10.0. The van der Waals surface area contributed by atoms with Crippen LogP contribution in [0.25, 0.3) is 0 Å². The molecular weight excluding hydrogens is 308 g/mol. The summed E-state index contributed by atoms with van der Waals surface area (Å²) in [6.07, 6.45) is 7.62. The molecule has 1 aromatic carbocycles. The predicted molar refractivity (Wildman–Crippen MR) is 102 cm³/mol. The minimum Gasteiger partial charge on any atom is -0.508 e. The lowest BCUT2D eigenvalue weighted by molar-refractivity contribution is -0.0161. The van der Waals surface area contributed by atoms with E-state index in [-0.39, 0.29) is 16.9 Å². The molecule has 136 valence electrons. The number of allylic oxidation sites excluding steroid dienone is 1. The van der Waals surface area contributed by atoms with Gasteiger partial charge >= 0.3 is 0 Å². The van der Waals surface area contributed by atoms with Gasteiger partial charge in [-0.2, -0.15) is 0 Å². The van der Waals surface area contributed by atoms with Crippen molar-refractivity contribution in [2.45, 2.75) is 71.8 Å². The van der Waals surface area contributed by atoms with E-state index in [1.807, 2.05) is 12.1 Å². The molecule has 3 aliphatic rings. The van der Waals surface area contributed by atoms with Crippen molar-refractivity contribution in [3.05, 3.63) is 41.0 Å². The Morgan fingerprint density at radius 3 is 2.68 bits per heavy atom. The average molecular weight is 341 g/mol. The number of aliphatic hydroxyl groups is 1. The molecule has 0 aromatic heterocycles. The molecule has 2 nitrogen and oxygen atoms in total. The fraction of sp³-hybridized carbons (Fsp3) is 0.652. The minimum atomic E-state index is -0.279. The zero-order chi connectivity index (χ0) is 18.0. The van der Waals surface area contributed by atoms with Gasteiger partial charge in [0.05, 0.1) is 6.10 Å². The molecule has 0 aliphatic heterocycles. The summed E-state index contributed by atoms with van der Waals surface area (Å²) in [7, 11) is 0. The second kappa shape index (κ2) is 5.61. The Bertz CT molecular complexity index is 711. The zero-order valence-electron chi connectivity index (χ0n) is 16.0. The minimum absolute atomic E-state index is 0.0344. The van der Waals surface area contributed by atoms with Crippen LogP contribution in [0.4, 0.5) is 0 Å². The van der Waals surface area contributed by atoms with Gasteiger partial charge in [-0.05, 0) is 84.1 Å². The van der Waals surface area contributed by atoms with E-state index in [1.54, 1.807) is 0 Å². The third-order valence-electron chi connectivity index (χ3n) is 7.20. The molecule has 2 saturated carbocycles. The first-order chi connectivity index (χ1) is 11.7. The first-order valence-corrected chi connectivity index (χ1v) is 9.90. The number of benzene rings is 1. The van der Waals surface area contributed by atoms with Crippen molar-refractivity contribution in [1.29, 1.82) is 0 Å². The van der Waals surface area contributed by atoms with Gasteiger partial charge in [-0.3, -0.25) is 0 Å². The first-order valence-electron chi connectivity index (χ1n) is 9.90. The molecule has 3 aliphatic carbocycles. The number of hydrogen-bond acceptors (Lipinski definition) is 2. The first kappa shape index (κ1) is 17.1. The van der Waals surface area contributed by atoms with E-state index in [4.69, 9.17) is 0 Å². The van der Waals surface area contributed by atoms with E-state index in [9.17, 15) is 10.2 Å². The number of hydrogen-bond donors (Lipinski definition) is 2. The summed E-state index contributed by atoms with van der Waals surface area (Å²) < 4.78 is 0. The van der Waals surface area contributed by atoms with Gasteiger partial charge in [-0.15, -0.1) is 0 Å².